The molecule has 26 heavy (non-hydrogen) atoms. The topological polar surface area (TPSA) is 12.0 Å². The van der Waals surface area contributed by atoms with Crippen molar-refractivity contribution in [2.24, 2.45) is 0 Å². The first-order valence-electron chi connectivity index (χ1n) is 9.28. The van der Waals surface area contributed by atoms with Crippen molar-refractivity contribution in [3.63, 3.8) is 0 Å². The first-order valence-corrected chi connectivity index (χ1v) is 9.28. The predicted molar refractivity (Wildman–Crippen MR) is 113 cm³/mol. The summed E-state index contributed by atoms with van der Waals surface area (Å²) in [5.41, 5.74) is 6.45. The van der Waals surface area contributed by atoms with Gasteiger partial charge in [0.25, 0.3) is 0 Å². The average molecular weight is 335 g/mol. The van der Waals surface area contributed by atoms with E-state index in [1.807, 2.05) is 0 Å². The summed E-state index contributed by atoms with van der Waals surface area (Å²) in [6.45, 7) is 2.14. The largest absolute Gasteiger partial charge is 0.355 e. The molecule has 1 aliphatic rings. The molecule has 0 unspecified atom stereocenters. The highest BCUT2D eigenvalue weighted by Gasteiger charge is 2.14. The van der Waals surface area contributed by atoms with Gasteiger partial charge in [-0.2, -0.15) is 0 Å². The summed E-state index contributed by atoms with van der Waals surface area (Å²) in [7, 11) is 0. The Morgan fingerprint density at radius 1 is 0.769 bits per heavy atom. The molecule has 1 N–H and O–H groups in total. The van der Waals surface area contributed by atoms with Crippen LogP contribution in [-0.2, 0) is 6.42 Å². The summed E-state index contributed by atoms with van der Waals surface area (Å²) in [4.78, 5) is 0. The Morgan fingerprint density at radius 3 is 2.46 bits per heavy atom. The van der Waals surface area contributed by atoms with Crippen LogP contribution in [0.5, 0.6) is 0 Å². The van der Waals surface area contributed by atoms with Gasteiger partial charge in [0, 0.05) is 11.4 Å². The van der Waals surface area contributed by atoms with Crippen LogP contribution in [0.15, 0.2) is 72.8 Å². The highest BCUT2D eigenvalue weighted by atomic mass is 14.9. The lowest BCUT2D eigenvalue weighted by Gasteiger charge is -2.19. The summed E-state index contributed by atoms with van der Waals surface area (Å²) in [6, 6.07) is 24.0. The van der Waals surface area contributed by atoms with E-state index in [-0.39, 0.29) is 0 Å². The van der Waals surface area contributed by atoms with E-state index in [1.54, 1.807) is 0 Å². The molecule has 1 heteroatoms. The van der Waals surface area contributed by atoms with E-state index in [4.69, 9.17) is 0 Å². The van der Waals surface area contributed by atoms with Crippen molar-refractivity contribution in [2.75, 3.05) is 5.32 Å². The normalized spacial score (nSPS) is 13.1. The highest BCUT2D eigenvalue weighted by Crippen LogP contribution is 2.38. The zero-order valence-corrected chi connectivity index (χ0v) is 14.9. The molecular formula is C25H21N. The van der Waals surface area contributed by atoms with Gasteiger partial charge in [-0.25, -0.2) is 0 Å². The van der Waals surface area contributed by atoms with Crippen molar-refractivity contribution in [1.82, 2.24) is 0 Å². The Balaban J connectivity index is 1.75. The van der Waals surface area contributed by atoms with Crippen LogP contribution in [0.25, 0.3) is 27.6 Å². The number of para-hydroxylation sites is 1. The number of aryl methyl sites for hydroxylation is 2. The van der Waals surface area contributed by atoms with Gasteiger partial charge in [-0.15, -0.1) is 0 Å². The molecule has 0 saturated carbocycles. The molecule has 1 aliphatic carbocycles. The maximum Gasteiger partial charge on any atom is 0.0413 e. The number of benzene rings is 4. The van der Waals surface area contributed by atoms with Crippen LogP contribution in [0.3, 0.4) is 0 Å². The molecule has 5 rings (SSSR count). The van der Waals surface area contributed by atoms with Gasteiger partial charge in [-0.05, 0) is 76.2 Å². The lowest BCUT2D eigenvalue weighted by Crippen LogP contribution is -1.99. The van der Waals surface area contributed by atoms with Gasteiger partial charge in [0.15, 0.2) is 0 Å². The molecule has 0 bridgehead atoms. The van der Waals surface area contributed by atoms with E-state index >= 15 is 0 Å². The molecule has 0 aliphatic heterocycles. The van der Waals surface area contributed by atoms with Crippen molar-refractivity contribution < 1.29 is 0 Å². The number of rotatable bonds is 2. The molecule has 0 radical (unpaired) electrons. The molecule has 1 nitrogen and oxygen atoms in total. The number of anilines is 2. The van der Waals surface area contributed by atoms with Crippen LogP contribution in [0.1, 0.15) is 23.1 Å². The second-order valence-electron chi connectivity index (χ2n) is 7.08. The first kappa shape index (κ1) is 15.2. The molecule has 4 aromatic carbocycles. The summed E-state index contributed by atoms with van der Waals surface area (Å²) in [5.74, 6) is 0. The third-order valence-corrected chi connectivity index (χ3v) is 5.45. The summed E-state index contributed by atoms with van der Waals surface area (Å²) in [6.07, 6.45) is 6.86. The smallest absolute Gasteiger partial charge is 0.0413 e. The van der Waals surface area contributed by atoms with E-state index in [9.17, 15) is 0 Å². The van der Waals surface area contributed by atoms with Gasteiger partial charge in [-0.1, -0.05) is 60.7 Å². The van der Waals surface area contributed by atoms with Crippen LogP contribution in [0.4, 0.5) is 11.4 Å². The minimum absolute atomic E-state index is 1.12. The molecular weight excluding hydrogens is 314 g/mol. The van der Waals surface area contributed by atoms with Crippen molar-refractivity contribution in [2.45, 2.75) is 19.8 Å². The Hall–Kier alpha value is -3.06. The zero-order chi connectivity index (χ0) is 17.5. The third kappa shape index (κ3) is 2.40. The minimum Gasteiger partial charge on any atom is -0.355 e. The minimum atomic E-state index is 1.12. The van der Waals surface area contributed by atoms with Crippen molar-refractivity contribution in [3.8, 4) is 0 Å². The molecule has 0 heterocycles. The number of allylic oxidation sites excluding steroid dienone is 1. The summed E-state index contributed by atoms with van der Waals surface area (Å²) < 4.78 is 0. The quantitative estimate of drug-likeness (QED) is 0.389. The fraction of sp³-hybridized carbons (Fsp3) is 0.120. The fourth-order valence-electron chi connectivity index (χ4n) is 4.13. The van der Waals surface area contributed by atoms with Crippen molar-refractivity contribution >= 4 is 39.0 Å². The number of fused-ring (bicyclic) bond motifs is 6. The molecule has 0 atom stereocenters. The lowest BCUT2D eigenvalue weighted by molar-refractivity contribution is 1.00. The van der Waals surface area contributed by atoms with Crippen LogP contribution in [0, 0.1) is 6.92 Å². The van der Waals surface area contributed by atoms with Crippen LogP contribution >= 0.6 is 0 Å². The fourth-order valence-corrected chi connectivity index (χ4v) is 4.13. The first-order chi connectivity index (χ1) is 12.8. The van der Waals surface area contributed by atoms with Crippen LogP contribution in [-0.4, -0.2) is 0 Å². The molecule has 0 spiro atoms. The second-order valence-corrected chi connectivity index (χ2v) is 7.08. The van der Waals surface area contributed by atoms with Crippen molar-refractivity contribution in [1.29, 1.82) is 0 Å². The van der Waals surface area contributed by atoms with E-state index in [0.29, 0.717) is 0 Å². The molecule has 4 aromatic rings. The lowest BCUT2D eigenvalue weighted by atomic mass is 9.86. The van der Waals surface area contributed by atoms with Gasteiger partial charge in [0.1, 0.15) is 0 Å². The Bertz CT molecular complexity index is 1170. The molecule has 0 saturated heterocycles. The van der Waals surface area contributed by atoms with E-state index in [2.05, 4.69) is 91.1 Å². The third-order valence-electron chi connectivity index (χ3n) is 5.45. The van der Waals surface area contributed by atoms with Crippen LogP contribution in [0.2, 0.25) is 0 Å². The van der Waals surface area contributed by atoms with Gasteiger partial charge >= 0.3 is 0 Å². The standard InChI is InChI=1S/C25H21N/c1-17-8-2-7-13-25(17)26-18-14-15-23-21-11-4-3-9-19(21)20-10-5-6-12-22(20)24(23)16-18/h2-3,5-10,12-16,26H,4,11H2,1H3. The van der Waals surface area contributed by atoms with Gasteiger partial charge < -0.3 is 5.32 Å². The van der Waals surface area contributed by atoms with Gasteiger partial charge in [0.05, 0.1) is 0 Å². The Labute approximate surface area is 154 Å². The van der Waals surface area contributed by atoms with E-state index < -0.39 is 0 Å². The Kier molecular flexibility index (Phi) is 3.53. The molecule has 0 amide bonds. The average Bonchev–Trinajstić information content (AvgIpc) is 2.70. The number of hydrogen-bond acceptors (Lipinski definition) is 1. The monoisotopic (exact) mass is 335 g/mol. The Morgan fingerprint density at radius 2 is 1.58 bits per heavy atom. The SMILES string of the molecule is Cc1ccccc1Nc1ccc2c3c(c4ccccc4c2c1)C=CCC3. The number of hydrogen-bond donors (Lipinski definition) is 1. The van der Waals surface area contributed by atoms with Gasteiger partial charge in [0.2, 0.25) is 0 Å². The summed E-state index contributed by atoms with van der Waals surface area (Å²) >= 11 is 0. The van der Waals surface area contributed by atoms with E-state index in [0.717, 1.165) is 24.2 Å². The zero-order valence-electron chi connectivity index (χ0n) is 14.9. The molecule has 0 aromatic heterocycles. The molecule has 126 valence electrons. The molecule has 0 fully saturated rings. The maximum absolute atomic E-state index is 3.60. The van der Waals surface area contributed by atoms with Crippen molar-refractivity contribution in [3.05, 3.63) is 89.5 Å². The summed E-state index contributed by atoms with van der Waals surface area (Å²) in [5, 5.41) is 9.02. The maximum atomic E-state index is 3.60. The second kappa shape index (κ2) is 6.03. The van der Waals surface area contributed by atoms with Crippen LogP contribution < -0.4 is 5.32 Å². The van der Waals surface area contributed by atoms with E-state index in [1.165, 1.54) is 38.2 Å². The van der Waals surface area contributed by atoms with Gasteiger partial charge in [-0.3, -0.25) is 0 Å². The predicted octanol–water partition coefficient (Wildman–Crippen LogP) is 7.00. The number of nitrogens with one attached hydrogen (secondary N) is 1. The highest BCUT2D eigenvalue weighted by molar-refractivity contribution is 6.13.